The van der Waals surface area contributed by atoms with Crippen molar-refractivity contribution in [3.63, 3.8) is 0 Å². The van der Waals surface area contributed by atoms with Crippen LogP contribution in [0.5, 0.6) is 0 Å². The Labute approximate surface area is 40.5 Å². The van der Waals surface area contributed by atoms with Crippen LogP contribution in [0.2, 0.25) is 0 Å². The third-order valence-corrected chi connectivity index (χ3v) is 0.335. The van der Waals surface area contributed by atoms with Crippen LogP contribution in [0.25, 0.3) is 0 Å². The molecule has 1 radical (unpaired) electrons. The van der Waals surface area contributed by atoms with Crippen molar-refractivity contribution in [1.82, 2.24) is 5.32 Å². The lowest BCUT2D eigenvalue weighted by atomic mass is 10.9. The summed E-state index contributed by atoms with van der Waals surface area (Å²) in [7, 11) is 1.21. The van der Waals surface area contributed by atoms with E-state index in [2.05, 4.69) is 0 Å². The topological polar surface area (TPSA) is 103 Å². The zero-order chi connectivity index (χ0) is 5.21. The molecule has 5 nitrogen and oxygen atoms in total. The zero-order valence-corrected chi connectivity index (χ0v) is 3.79. The summed E-state index contributed by atoms with van der Waals surface area (Å²) in [6, 6.07) is 0. The highest BCUT2D eigenvalue weighted by atomic mass is 16.7. The van der Waals surface area contributed by atoms with Gasteiger partial charge in [-0.2, -0.15) is 0 Å². The first-order valence-corrected chi connectivity index (χ1v) is 1.42. The minimum Gasteiger partial charge on any atom is -0.330 e. The van der Waals surface area contributed by atoms with Crippen LogP contribution in [0.4, 0.5) is 0 Å². The monoisotopic (exact) mass is 110 g/mol. The largest absolute Gasteiger partial charge is 0.342 e. The quantitative estimate of drug-likeness (QED) is 0.243. The van der Waals surface area contributed by atoms with Gasteiger partial charge >= 0.3 is 6.10 Å². The van der Waals surface area contributed by atoms with E-state index in [0.717, 1.165) is 0 Å². The number of nitrogens with one attached hydrogen (secondary N) is 1. The molecule has 0 amide bonds. The molecule has 0 aromatic rings. The van der Waals surface area contributed by atoms with Gasteiger partial charge in [0.15, 0.2) is 0 Å². The third-order valence-electron chi connectivity index (χ3n) is 0.335. The standard InChI is InChI=1S/C2H7NO3.HO/c1-3-2(4,5)6;/h3-6H,1H3;1H. The smallest absolute Gasteiger partial charge is 0.330 e. The molecule has 0 rings (SSSR count). The molecule has 7 heavy (non-hydrogen) atoms. The van der Waals surface area contributed by atoms with Gasteiger partial charge in [0.2, 0.25) is 0 Å². The fraction of sp³-hybridized carbons (Fsp3) is 1.00. The van der Waals surface area contributed by atoms with Crippen molar-refractivity contribution in [2.45, 2.75) is 6.10 Å². The molecule has 0 atom stereocenters. The first-order chi connectivity index (χ1) is 2.56. The van der Waals surface area contributed by atoms with Crippen LogP contribution < -0.4 is 5.32 Å². The molecule has 0 spiro atoms. The van der Waals surface area contributed by atoms with E-state index in [1.807, 2.05) is 0 Å². The second-order valence-electron chi connectivity index (χ2n) is 0.885. The molecule has 0 aliphatic rings. The normalized spacial score (nSPS) is 10.3. The first-order valence-electron chi connectivity index (χ1n) is 1.42. The molecule has 5 N–H and O–H groups in total. The average Bonchev–Trinajstić information content (AvgIpc) is 1.35. The van der Waals surface area contributed by atoms with Crippen LogP contribution in [-0.2, 0) is 0 Å². The minimum absolute atomic E-state index is 0. The van der Waals surface area contributed by atoms with Crippen molar-refractivity contribution in [3.8, 4) is 0 Å². The maximum absolute atomic E-state index is 7.83. The minimum atomic E-state index is -2.71. The van der Waals surface area contributed by atoms with E-state index in [1.165, 1.54) is 7.05 Å². The van der Waals surface area contributed by atoms with Crippen molar-refractivity contribution in [2.75, 3.05) is 7.05 Å². The Hall–Kier alpha value is -0.200. The number of hydrogen-bond donors (Lipinski definition) is 5. The van der Waals surface area contributed by atoms with Gasteiger partial charge in [-0.1, -0.05) is 0 Å². The Morgan fingerprint density at radius 3 is 1.43 bits per heavy atom. The summed E-state index contributed by atoms with van der Waals surface area (Å²) in [5.74, 6) is 0. The predicted molar refractivity (Wildman–Crippen MR) is 20.4 cm³/mol. The molecular formula is C2H8NO4. The van der Waals surface area contributed by atoms with E-state index in [0.29, 0.717) is 0 Å². The lowest BCUT2D eigenvalue weighted by Gasteiger charge is -2.09. The van der Waals surface area contributed by atoms with Gasteiger partial charge in [-0.3, -0.25) is 5.48 Å². The number of aliphatic hydroxyl groups is 3. The molecule has 0 saturated carbocycles. The van der Waals surface area contributed by atoms with Gasteiger partial charge in [-0.25, -0.2) is 5.32 Å². The van der Waals surface area contributed by atoms with Gasteiger partial charge in [0.05, 0.1) is 0 Å². The van der Waals surface area contributed by atoms with Crippen LogP contribution in [-0.4, -0.2) is 33.9 Å². The van der Waals surface area contributed by atoms with Crippen molar-refractivity contribution in [1.29, 1.82) is 0 Å². The summed E-state index contributed by atoms with van der Waals surface area (Å²) in [6.45, 7) is 0. The number of hydrogen-bond acceptors (Lipinski definition) is 4. The average molecular weight is 110 g/mol. The molecule has 0 aliphatic carbocycles. The van der Waals surface area contributed by atoms with Crippen molar-refractivity contribution in [2.24, 2.45) is 0 Å². The van der Waals surface area contributed by atoms with Gasteiger partial charge in [-0.05, 0) is 7.05 Å². The second-order valence-corrected chi connectivity index (χ2v) is 0.885. The summed E-state index contributed by atoms with van der Waals surface area (Å²) >= 11 is 0. The highest BCUT2D eigenvalue weighted by molar-refractivity contribution is 4.29. The molecule has 0 unspecified atom stereocenters. The van der Waals surface area contributed by atoms with Crippen LogP contribution in [0, 0.1) is 0 Å². The Balaban J connectivity index is 0. The van der Waals surface area contributed by atoms with Gasteiger partial charge in [0.25, 0.3) is 0 Å². The van der Waals surface area contributed by atoms with Crippen molar-refractivity contribution >= 4 is 0 Å². The van der Waals surface area contributed by atoms with Gasteiger partial charge < -0.3 is 15.3 Å². The van der Waals surface area contributed by atoms with Crippen molar-refractivity contribution < 1.29 is 20.8 Å². The summed E-state index contributed by atoms with van der Waals surface area (Å²) in [6.07, 6.45) is -2.71. The van der Waals surface area contributed by atoms with E-state index in [-0.39, 0.29) is 5.48 Å². The van der Waals surface area contributed by atoms with Gasteiger partial charge in [-0.15, -0.1) is 0 Å². The molecule has 0 heterocycles. The van der Waals surface area contributed by atoms with E-state index >= 15 is 0 Å². The SMILES string of the molecule is CNC(O)(O)O.[OH]. The Morgan fingerprint density at radius 2 is 1.43 bits per heavy atom. The molecule has 5 heteroatoms. The summed E-state index contributed by atoms with van der Waals surface area (Å²) in [4.78, 5) is 0. The van der Waals surface area contributed by atoms with E-state index in [9.17, 15) is 0 Å². The molecule has 0 bridgehead atoms. The van der Waals surface area contributed by atoms with Crippen LogP contribution in [0.1, 0.15) is 0 Å². The van der Waals surface area contributed by atoms with E-state index < -0.39 is 6.10 Å². The van der Waals surface area contributed by atoms with Gasteiger partial charge in [0.1, 0.15) is 0 Å². The fourth-order valence-corrected chi connectivity index (χ4v) is 0. The molecule has 0 aromatic heterocycles. The molecule has 45 valence electrons. The lowest BCUT2D eigenvalue weighted by Crippen LogP contribution is -2.41. The highest BCUT2D eigenvalue weighted by Crippen LogP contribution is 1.77. The van der Waals surface area contributed by atoms with Crippen LogP contribution in [0.15, 0.2) is 0 Å². The zero-order valence-electron chi connectivity index (χ0n) is 3.79. The lowest BCUT2D eigenvalue weighted by molar-refractivity contribution is -0.328. The van der Waals surface area contributed by atoms with Gasteiger partial charge in [0, 0.05) is 0 Å². The molecule has 0 aliphatic heterocycles. The van der Waals surface area contributed by atoms with Crippen molar-refractivity contribution in [3.05, 3.63) is 0 Å². The fourth-order valence-electron chi connectivity index (χ4n) is 0. The van der Waals surface area contributed by atoms with E-state index in [4.69, 9.17) is 15.3 Å². The maximum atomic E-state index is 7.83. The molecule has 0 saturated heterocycles. The Kier molecular flexibility index (Phi) is 4.10. The third kappa shape index (κ3) is 10.7. The van der Waals surface area contributed by atoms with Crippen LogP contribution in [0.3, 0.4) is 0 Å². The molecule has 0 fully saturated rings. The highest BCUT2D eigenvalue weighted by Gasteiger charge is 2.11. The maximum Gasteiger partial charge on any atom is 0.342 e. The predicted octanol–water partition coefficient (Wildman–Crippen LogP) is -2.38. The number of rotatable bonds is 1. The Bertz CT molecular complexity index is 39.4. The summed E-state index contributed by atoms with van der Waals surface area (Å²) in [5, 5.41) is 25.3. The second kappa shape index (κ2) is 2.89. The summed E-state index contributed by atoms with van der Waals surface area (Å²) in [5.41, 5.74) is 0. The first kappa shape index (κ1) is 9.93. The molecule has 0 aromatic carbocycles. The Morgan fingerprint density at radius 1 is 1.29 bits per heavy atom. The van der Waals surface area contributed by atoms with Crippen LogP contribution >= 0.6 is 0 Å². The summed E-state index contributed by atoms with van der Waals surface area (Å²) < 4.78 is 0. The van der Waals surface area contributed by atoms with E-state index in [1.54, 1.807) is 5.32 Å². The molecular weight excluding hydrogens is 102 g/mol.